The first kappa shape index (κ1) is 15.8. The molecule has 0 unspecified atom stereocenters. The summed E-state index contributed by atoms with van der Waals surface area (Å²) in [6.07, 6.45) is 2.00. The average molecular weight is 281 g/mol. The second-order valence-corrected chi connectivity index (χ2v) is 4.38. The minimum atomic E-state index is -1.04. The molecule has 0 aromatic heterocycles. The summed E-state index contributed by atoms with van der Waals surface area (Å²) in [7, 11) is 0. The van der Waals surface area contributed by atoms with E-state index in [1.165, 1.54) is 24.3 Å². The van der Waals surface area contributed by atoms with Gasteiger partial charge in [-0.15, -0.1) is 0 Å². The number of aliphatic carboxylic acids is 1. The number of carbonyl (C=O) groups excluding carboxylic acids is 1. The molecule has 1 atom stereocenters. The molecule has 6 heteroatoms. The van der Waals surface area contributed by atoms with Crippen LogP contribution >= 0.6 is 0 Å². The Morgan fingerprint density at radius 2 is 1.95 bits per heavy atom. The Hall–Kier alpha value is -2.24. The number of phenolic OH excluding ortho intramolecular Hbond substituents is 1. The summed E-state index contributed by atoms with van der Waals surface area (Å²) in [6.45, 7) is 1.69. The smallest absolute Gasteiger partial charge is 0.326 e. The van der Waals surface area contributed by atoms with E-state index < -0.39 is 17.9 Å². The summed E-state index contributed by atoms with van der Waals surface area (Å²) in [5, 5.41) is 20.5. The lowest BCUT2D eigenvalue weighted by molar-refractivity contribution is -0.142. The second-order valence-electron chi connectivity index (χ2n) is 4.38. The minimum absolute atomic E-state index is 0.104. The molecule has 0 heterocycles. The van der Waals surface area contributed by atoms with Gasteiger partial charge in [0.15, 0.2) is 6.61 Å². The molecule has 110 valence electrons. The van der Waals surface area contributed by atoms with Gasteiger partial charge in [-0.3, -0.25) is 4.79 Å². The summed E-state index contributed by atoms with van der Waals surface area (Å²) >= 11 is 0. The van der Waals surface area contributed by atoms with Crippen molar-refractivity contribution < 1.29 is 24.5 Å². The fourth-order valence-corrected chi connectivity index (χ4v) is 1.59. The first-order valence-electron chi connectivity index (χ1n) is 6.47. The van der Waals surface area contributed by atoms with Gasteiger partial charge in [0.05, 0.1) is 0 Å². The maximum Gasteiger partial charge on any atom is 0.326 e. The van der Waals surface area contributed by atoms with Crippen molar-refractivity contribution in [2.45, 2.75) is 32.2 Å². The number of aromatic hydroxyl groups is 1. The molecule has 0 aliphatic heterocycles. The molecule has 0 spiro atoms. The van der Waals surface area contributed by atoms with E-state index >= 15 is 0 Å². The van der Waals surface area contributed by atoms with Crippen molar-refractivity contribution in [2.75, 3.05) is 6.61 Å². The predicted octanol–water partition coefficient (Wildman–Crippen LogP) is 1.53. The van der Waals surface area contributed by atoms with Gasteiger partial charge in [-0.2, -0.15) is 0 Å². The van der Waals surface area contributed by atoms with Crippen molar-refractivity contribution in [2.24, 2.45) is 0 Å². The SMILES string of the molecule is CCCC[C@H](NC(=O)COc1ccc(O)cc1)C(=O)O. The summed E-state index contributed by atoms with van der Waals surface area (Å²) in [6, 6.07) is 5.04. The molecule has 0 bridgehead atoms. The monoisotopic (exact) mass is 281 g/mol. The van der Waals surface area contributed by atoms with Crippen LogP contribution < -0.4 is 10.1 Å². The predicted molar refractivity (Wildman–Crippen MR) is 72.7 cm³/mol. The van der Waals surface area contributed by atoms with Crippen molar-refractivity contribution in [3.8, 4) is 11.5 Å². The third-order valence-corrected chi connectivity index (χ3v) is 2.69. The zero-order valence-corrected chi connectivity index (χ0v) is 11.3. The van der Waals surface area contributed by atoms with Crippen LogP contribution in [0.2, 0.25) is 0 Å². The molecule has 0 fully saturated rings. The van der Waals surface area contributed by atoms with Gasteiger partial charge in [-0.1, -0.05) is 19.8 Å². The Morgan fingerprint density at radius 3 is 2.50 bits per heavy atom. The molecule has 6 nitrogen and oxygen atoms in total. The van der Waals surface area contributed by atoms with Crippen LogP contribution in [0.1, 0.15) is 26.2 Å². The number of carboxylic acid groups (broad SMARTS) is 1. The van der Waals surface area contributed by atoms with Gasteiger partial charge in [0.25, 0.3) is 5.91 Å². The average Bonchev–Trinajstić information content (AvgIpc) is 2.42. The Bertz CT molecular complexity index is 443. The van der Waals surface area contributed by atoms with Gasteiger partial charge in [0.2, 0.25) is 0 Å². The summed E-state index contributed by atoms with van der Waals surface area (Å²) in [5.74, 6) is -0.997. The normalized spacial score (nSPS) is 11.7. The second kappa shape index (κ2) is 8.04. The van der Waals surface area contributed by atoms with Crippen LogP contribution in [0.15, 0.2) is 24.3 Å². The van der Waals surface area contributed by atoms with E-state index in [1.807, 2.05) is 6.92 Å². The number of rotatable bonds is 8. The van der Waals surface area contributed by atoms with Gasteiger partial charge in [0.1, 0.15) is 17.5 Å². The van der Waals surface area contributed by atoms with E-state index in [0.29, 0.717) is 12.2 Å². The molecule has 20 heavy (non-hydrogen) atoms. The molecule has 3 N–H and O–H groups in total. The molecular weight excluding hydrogens is 262 g/mol. The lowest BCUT2D eigenvalue weighted by Gasteiger charge is -2.14. The number of carbonyl (C=O) groups is 2. The van der Waals surface area contributed by atoms with Crippen LogP contribution in [-0.4, -0.2) is 34.7 Å². The number of phenols is 1. The topological polar surface area (TPSA) is 95.9 Å². The summed E-state index contributed by atoms with van der Waals surface area (Å²) in [4.78, 5) is 22.6. The highest BCUT2D eigenvalue weighted by Gasteiger charge is 2.19. The number of hydrogen-bond acceptors (Lipinski definition) is 4. The quantitative estimate of drug-likeness (QED) is 0.671. The van der Waals surface area contributed by atoms with Crippen molar-refractivity contribution in [3.05, 3.63) is 24.3 Å². The van der Waals surface area contributed by atoms with Crippen LogP contribution in [0.25, 0.3) is 0 Å². The standard InChI is InChI=1S/C14H19NO5/c1-2-3-4-12(14(18)19)15-13(17)9-20-11-7-5-10(16)6-8-11/h5-8,12,16H,2-4,9H2,1H3,(H,15,17)(H,18,19)/t12-/m0/s1. The highest BCUT2D eigenvalue weighted by molar-refractivity contribution is 5.84. The van der Waals surface area contributed by atoms with E-state index in [0.717, 1.165) is 12.8 Å². The molecule has 1 aromatic rings. The molecule has 0 saturated heterocycles. The van der Waals surface area contributed by atoms with Crippen molar-refractivity contribution in [1.82, 2.24) is 5.32 Å². The third-order valence-electron chi connectivity index (χ3n) is 2.69. The highest BCUT2D eigenvalue weighted by atomic mass is 16.5. The molecule has 0 aliphatic rings. The Labute approximate surface area is 117 Å². The van der Waals surface area contributed by atoms with Gasteiger partial charge in [-0.25, -0.2) is 4.79 Å². The van der Waals surface area contributed by atoms with Crippen LogP contribution in [0.5, 0.6) is 11.5 Å². The van der Waals surface area contributed by atoms with E-state index in [-0.39, 0.29) is 12.4 Å². The Kier molecular flexibility index (Phi) is 6.36. The molecule has 1 aromatic carbocycles. The Morgan fingerprint density at radius 1 is 1.30 bits per heavy atom. The zero-order valence-electron chi connectivity index (χ0n) is 11.3. The number of ether oxygens (including phenoxy) is 1. The molecular formula is C14H19NO5. The van der Waals surface area contributed by atoms with E-state index in [1.54, 1.807) is 0 Å². The molecule has 0 aliphatic carbocycles. The lowest BCUT2D eigenvalue weighted by atomic mass is 10.1. The number of amides is 1. The van der Waals surface area contributed by atoms with Crippen molar-refractivity contribution >= 4 is 11.9 Å². The summed E-state index contributed by atoms with van der Waals surface area (Å²) in [5.41, 5.74) is 0. The number of nitrogens with one attached hydrogen (secondary N) is 1. The van der Waals surface area contributed by atoms with Crippen LogP contribution in [-0.2, 0) is 9.59 Å². The maximum atomic E-state index is 11.6. The van der Waals surface area contributed by atoms with Gasteiger partial charge < -0.3 is 20.3 Å². The van der Waals surface area contributed by atoms with E-state index in [4.69, 9.17) is 14.9 Å². The van der Waals surface area contributed by atoms with E-state index in [2.05, 4.69) is 5.32 Å². The highest BCUT2D eigenvalue weighted by Crippen LogP contribution is 2.15. The first-order valence-corrected chi connectivity index (χ1v) is 6.47. The van der Waals surface area contributed by atoms with Crippen molar-refractivity contribution in [1.29, 1.82) is 0 Å². The maximum absolute atomic E-state index is 11.6. The largest absolute Gasteiger partial charge is 0.508 e. The number of hydrogen-bond donors (Lipinski definition) is 3. The van der Waals surface area contributed by atoms with Crippen LogP contribution in [0.3, 0.4) is 0 Å². The molecule has 0 radical (unpaired) electrons. The molecule has 1 rings (SSSR count). The molecule has 1 amide bonds. The van der Waals surface area contributed by atoms with Crippen LogP contribution in [0, 0.1) is 0 Å². The van der Waals surface area contributed by atoms with Gasteiger partial charge in [-0.05, 0) is 30.7 Å². The summed E-state index contributed by atoms with van der Waals surface area (Å²) < 4.78 is 5.19. The fraction of sp³-hybridized carbons (Fsp3) is 0.429. The zero-order chi connectivity index (χ0) is 15.0. The Balaban J connectivity index is 2.41. The first-order chi connectivity index (χ1) is 9.52. The molecule has 0 saturated carbocycles. The lowest BCUT2D eigenvalue weighted by Crippen LogP contribution is -2.42. The van der Waals surface area contributed by atoms with Gasteiger partial charge >= 0.3 is 5.97 Å². The fourth-order valence-electron chi connectivity index (χ4n) is 1.59. The number of benzene rings is 1. The van der Waals surface area contributed by atoms with Crippen molar-refractivity contribution in [3.63, 3.8) is 0 Å². The van der Waals surface area contributed by atoms with Crippen LogP contribution in [0.4, 0.5) is 0 Å². The minimum Gasteiger partial charge on any atom is -0.508 e. The van der Waals surface area contributed by atoms with Gasteiger partial charge in [0, 0.05) is 0 Å². The number of unbranched alkanes of at least 4 members (excludes halogenated alkanes) is 1. The third kappa shape index (κ3) is 5.60. The number of carboxylic acids is 1. The van der Waals surface area contributed by atoms with E-state index in [9.17, 15) is 9.59 Å².